The summed E-state index contributed by atoms with van der Waals surface area (Å²) in [6.07, 6.45) is 1.45. The van der Waals surface area contributed by atoms with Gasteiger partial charge in [-0.15, -0.1) is 0 Å². The van der Waals surface area contributed by atoms with E-state index in [1.807, 2.05) is 37.3 Å². The molecule has 2 fully saturated rings. The monoisotopic (exact) mass is 557 g/mol. The molecule has 7 rings (SSSR count). The van der Waals surface area contributed by atoms with Gasteiger partial charge in [-0.25, -0.2) is 0 Å². The van der Waals surface area contributed by atoms with Gasteiger partial charge in [-0.05, 0) is 61.7 Å². The fraction of sp³-hybridized carbons (Fsp3) is 0.323. The van der Waals surface area contributed by atoms with E-state index in [2.05, 4.69) is 15.5 Å². The zero-order valence-corrected chi connectivity index (χ0v) is 23.1. The molecule has 4 atom stereocenters. The maximum absolute atomic E-state index is 14.9. The molecule has 0 aromatic heterocycles. The Hall–Kier alpha value is -3.88. The number of para-hydroxylation sites is 1. The topological polar surface area (TPSA) is 97.0 Å². The summed E-state index contributed by atoms with van der Waals surface area (Å²) < 4.78 is 11.0. The summed E-state index contributed by atoms with van der Waals surface area (Å²) in [7, 11) is 3.05. The maximum atomic E-state index is 14.9. The molecule has 4 aliphatic heterocycles. The van der Waals surface area contributed by atoms with E-state index in [1.165, 1.54) is 7.11 Å². The Labute approximate surface area is 236 Å². The van der Waals surface area contributed by atoms with Crippen molar-refractivity contribution in [1.29, 1.82) is 0 Å². The average Bonchev–Trinajstić information content (AvgIpc) is 3.67. The van der Waals surface area contributed by atoms with Crippen LogP contribution in [0.1, 0.15) is 39.9 Å². The first kappa shape index (κ1) is 25.1. The van der Waals surface area contributed by atoms with E-state index in [0.29, 0.717) is 57.6 Å². The summed E-state index contributed by atoms with van der Waals surface area (Å²) in [6, 6.07) is 15.8. The number of halogens is 1. The first-order chi connectivity index (χ1) is 19.3. The number of benzene rings is 3. The highest BCUT2D eigenvalue weighted by Crippen LogP contribution is 2.68. The molecule has 3 aromatic carbocycles. The summed E-state index contributed by atoms with van der Waals surface area (Å²) in [4.78, 5) is 46.2. The fourth-order valence-electron chi connectivity index (χ4n) is 7.94. The van der Waals surface area contributed by atoms with Crippen molar-refractivity contribution in [2.45, 2.75) is 36.8 Å². The van der Waals surface area contributed by atoms with Crippen molar-refractivity contribution in [2.24, 2.45) is 5.92 Å². The Bertz CT molecular complexity index is 1640. The summed E-state index contributed by atoms with van der Waals surface area (Å²) in [5.74, 6) is -0.934. The molecule has 0 bridgehead atoms. The molecule has 0 aliphatic carbocycles. The second kappa shape index (κ2) is 8.56. The molecule has 2 spiro atoms. The Morgan fingerprint density at radius 1 is 1.00 bits per heavy atom. The minimum absolute atomic E-state index is 0.250. The zero-order valence-electron chi connectivity index (χ0n) is 22.3. The van der Waals surface area contributed by atoms with Crippen LogP contribution in [0.2, 0.25) is 5.02 Å². The van der Waals surface area contributed by atoms with Crippen LogP contribution < -0.4 is 20.1 Å². The first-order valence-electron chi connectivity index (χ1n) is 13.4. The van der Waals surface area contributed by atoms with Crippen molar-refractivity contribution in [2.75, 3.05) is 31.4 Å². The van der Waals surface area contributed by atoms with Gasteiger partial charge >= 0.3 is 0 Å². The highest BCUT2D eigenvalue weighted by molar-refractivity contribution is 6.35. The molecule has 2 saturated heterocycles. The third-order valence-electron chi connectivity index (χ3n) is 9.26. The van der Waals surface area contributed by atoms with Gasteiger partial charge < -0.3 is 20.1 Å². The second-order valence-corrected chi connectivity index (χ2v) is 11.4. The standard InChI is InChI=1S/C31H28ClN3O5/c1-16-13-20-26(21(32)14-16)34-29(38)31(20)30(19-7-4-5-8-22(19)33-28(30)37)25(23-9-6-12-35(23)31)27(36)18-11-10-17(39-2)15-24(18)40-3/h4-5,7-8,10-11,13-15,23,25H,6,9,12H2,1-3H3,(H,33,37)(H,34,38)/t23-,25+,30-,31+/m1/s1. The number of carbonyl (C=O) groups is 3. The predicted octanol–water partition coefficient (Wildman–Crippen LogP) is 4.68. The highest BCUT2D eigenvalue weighted by Gasteiger charge is 2.81. The summed E-state index contributed by atoms with van der Waals surface area (Å²) in [5, 5.41) is 6.49. The van der Waals surface area contributed by atoms with Gasteiger partial charge in [-0.3, -0.25) is 19.3 Å². The largest absolute Gasteiger partial charge is 0.497 e. The lowest BCUT2D eigenvalue weighted by Gasteiger charge is -2.43. The van der Waals surface area contributed by atoms with Crippen LogP contribution in [0.3, 0.4) is 0 Å². The van der Waals surface area contributed by atoms with Crippen LogP contribution in [-0.2, 0) is 20.5 Å². The van der Waals surface area contributed by atoms with E-state index >= 15 is 0 Å². The number of nitrogens with one attached hydrogen (secondary N) is 2. The lowest BCUT2D eigenvalue weighted by molar-refractivity contribution is -0.137. The van der Waals surface area contributed by atoms with Crippen LogP contribution in [0.15, 0.2) is 54.6 Å². The minimum atomic E-state index is -1.55. The Morgan fingerprint density at radius 3 is 2.58 bits per heavy atom. The van der Waals surface area contributed by atoms with Gasteiger partial charge in [0.25, 0.3) is 5.91 Å². The van der Waals surface area contributed by atoms with Gasteiger partial charge in [0.1, 0.15) is 22.5 Å². The molecule has 8 nitrogen and oxygen atoms in total. The van der Waals surface area contributed by atoms with Crippen molar-refractivity contribution in [3.63, 3.8) is 0 Å². The minimum Gasteiger partial charge on any atom is -0.497 e. The van der Waals surface area contributed by atoms with Crippen LogP contribution in [0.25, 0.3) is 0 Å². The first-order valence-corrected chi connectivity index (χ1v) is 13.7. The van der Waals surface area contributed by atoms with E-state index in [9.17, 15) is 14.4 Å². The molecule has 4 heterocycles. The smallest absolute Gasteiger partial charge is 0.251 e. The number of carbonyl (C=O) groups excluding carboxylic acids is 3. The van der Waals surface area contributed by atoms with E-state index in [1.54, 1.807) is 31.4 Å². The van der Waals surface area contributed by atoms with Gasteiger partial charge in [0.15, 0.2) is 5.78 Å². The number of amides is 2. The Kier molecular flexibility index (Phi) is 5.37. The molecule has 2 amide bonds. The second-order valence-electron chi connectivity index (χ2n) is 11.0. The number of hydrogen-bond donors (Lipinski definition) is 2. The summed E-state index contributed by atoms with van der Waals surface area (Å²) in [6.45, 7) is 2.48. The molecule has 0 radical (unpaired) electrons. The van der Waals surface area contributed by atoms with Crippen LogP contribution in [-0.4, -0.2) is 49.3 Å². The normalized spacial score (nSPS) is 27.9. The quantitative estimate of drug-likeness (QED) is 0.452. The van der Waals surface area contributed by atoms with Gasteiger partial charge in [-0.2, -0.15) is 0 Å². The van der Waals surface area contributed by atoms with Crippen molar-refractivity contribution in [3.05, 3.63) is 81.9 Å². The predicted molar refractivity (Wildman–Crippen MR) is 150 cm³/mol. The van der Waals surface area contributed by atoms with Crippen LogP contribution in [0.5, 0.6) is 11.5 Å². The number of Topliss-reactive ketones (excluding diaryl/α,β-unsaturated/α-hetero) is 1. The van der Waals surface area contributed by atoms with E-state index in [-0.39, 0.29) is 23.6 Å². The van der Waals surface area contributed by atoms with Crippen molar-refractivity contribution < 1.29 is 23.9 Å². The van der Waals surface area contributed by atoms with Crippen molar-refractivity contribution >= 4 is 40.6 Å². The van der Waals surface area contributed by atoms with Crippen molar-refractivity contribution in [1.82, 2.24) is 4.90 Å². The molecule has 3 aromatic rings. The Morgan fingerprint density at radius 2 is 1.80 bits per heavy atom. The number of rotatable bonds is 4. The molecule has 40 heavy (non-hydrogen) atoms. The summed E-state index contributed by atoms with van der Waals surface area (Å²) >= 11 is 6.71. The van der Waals surface area contributed by atoms with Gasteiger partial charge in [0.05, 0.1) is 36.4 Å². The SMILES string of the molecule is COc1ccc(C(=O)[C@@H]2[C@H]3CCCN3[C@@]3(C(=O)Nc4c(Cl)cc(C)cc43)[C@@]23C(=O)Nc2ccccc23)c(OC)c1. The lowest BCUT2D eigenvalue weighted by atomic mass is 9.57. The summed E-state index contributed by atoms with van der Waals surface area (Å²) in [5.41, 5.74) is 0.554. The number of nitrogens with zero attached hydrogens (tertiary/aromatic N) is 1. The number of ether oxygens (including phenoxy) is 2. The van der Waals surface area contributed by atoms with Crippen molar-refractivity contribution in [3.8, 4) is 11.5 Å². The van der Waals surface area contributed by atoms with Gasteiger partial charge in [0.2, 0.25) is 5.91 Å². The number of hydrogen-bond acceptors (Lipinski definition) is 6. The van der Waals surface area contributed by atoms with Gasteiger partial charge in [0, 0.05) is 23.4 Å². The lowest BCUT2D eigenvalue weighted by Crippen LogP contribution is -2.62. The number of methoxy groups -OCH3 is 2. The van der Waals surface area contributed by atoms with E-state index in [0.717, 1.165) is 12.0 Å². The third kappa shape index (κ3) is 2.82. The van der Waals surface area contributed by atoms with Gasteiger partial charge in [-0.1, -0.05) is 35.9 Å². The molecule has 2 N–H and O–H groups in total. The number of anilines is 2. The molecular weight excluding hydrogens is 530 g/mol. The Balaban J connectivity index is 1.58. The molecule has 204 valence electrons. The molecular formula is C31H28ClN3O5. The average molecular weight is 558 g/mol. The van der Waals surface area contributed by atoms with E-state index in [4.69, 9.17) is 21.1 Å². The highest BCUT2D eigenvalue weighted by atomic mass is 35.5. The molecule has 9 heteroatoms. The van der Waals surface area contributed by atoms with Crippen LogP contribution in [0, 0.1) is 12.8 Å². The number of aryl methyl sites for hydroxylation is 1. The maximum Gasteiger partial charge on any atom is 0.251 e. The van der Waals surface area contributed by atoms with Crippen LogP contribution in [0.4, 0.5) is 11.4 Å². The number of ketones is 1. The fourth-order valence-corrected chi connectivity index (χ4v) is 8.26. The third-order valence-corrected chi connectivity index (χ3v) is 9.56. The molecule has 4 aliphatic rings. The molecule has 0 unspecified atom stereocenters. The van der Waals surface area contributed by atoms with Crippen LogP contribution >= 0.6 is 11.6 Å². The number of fused-ring (bicyclic) bond motifs is 7. The molecule has 0 saturated carbocycles. The zero-order chi connectivity index (χ0) is 28.0. The van der Waals surface area contributed by atoms with E-state index < -0.39 is 16.9 Å².